The van der Waals surface area contributed by atoms with Gasteiger partial charge < -0.3 is 9.80 Å². The molecule has 28 heavy (non-hydrogen) atoms. The molecule has 0 saturated carbocycles. The monoisotopic (exact) mass is 364 g/mol. The number of benzene rings is 3. The van der Waals surface area contributed by atoms with Crippen LogP contribution in [0, 0.1) is 20.1 Å². The van der Waals surface area contributed by atoms with Crippen LogP contribution in [-0.4, -0.2) is 13.2 Å². The summed E-state index contributed by atoms with van der Waals surface area (Å²) >= 11 is 0. The van der Waals surface area contributed by atoms with E-state index in [0.29, 0.717) is 11.4 Å². The molecule has 0 spiro atoms. The molecule has 0 amide bonds. The second-order valence-corrected chi connectivity index (χ2v) is 6.97. The highest BCUT2D eigenvalue weighted by Crippen LogP contribution is 2.54. The van der Waals surface area contributed by atoms with Gasteiger partial charge in [-0.15, -0.1) is 0 Å². The summed E-state index contributed by atoms with van der Waals surface area (Å²) in [6, 6.07) is 20.3. The number of anilines is 3. The van der Waals surface area contributed by atoms with Gasteiger partial charge in [0.05, 0.1) is 24.5 Å². The largest absolute Gasteiger partial charge is 0.354 e. The molecule has 1 aliphatic heterocycles. The van der Waals surface area contributed by atoms with Gasteiger partial charge in [0.2, 0.25) is 5.69 Å². The zero-order valence-electron chi connectivity index (χ0n) is 16.1. The van der Waals surface area contributed by atoms with Crippen LogP contribution in [0.4, 0.5) is 28.4 Å². The number of nitrogens with zero attached hydrogens (tertiary/aromatic N) is 4. The number of fused-ring (bicyclic) bond motifs is 1. The summed E-state index contributed by atoms with van der Waals surface area (Å²) in [6.45, 7) is 19.5. The number of hydrogen-bond acceptors (Lipinski definition) is 2. The first kappa shape index (κ1) is 17.6. The molecular formula is C24H20N4. The minimum absolute atomic E-state index is 0.0278. The van der Waals surface area contributed by atoms with E-state index in [9.17, 15) is 0 Å². The van der Waals surface area contributed by atoms with Gasteiger partial charge in [-0.25, -0.2) is 4.85 Å². The lowest BCUT2D eigenvalue weighted by atomic mass is 9.99. The van der Waals surface area contributed by atoms with E-state index in [0.717, 1.165) is 33.8 Å². The molecule has 0 fully saturated rings. The summed E-state index contributed by atoms with van der Waals surface area (Å²) in [5.41, 5.74) is 7.10. The molecule has 1 atom stereocenters. The van der Waals surface area contributed by atoms with Crippen molar-refractivity contribution in [2.45, 2.75) is 20.0 Å². The van der Waals surface area contributed by atoms with Crippen LogP contribution in [0.3, 0.4) is 0 Å². The third-order valence-electron chi connectivity index (χ3n) is 5.46. The lowest BCUT2D eigenvalue weighted by molar-refractivity contribution is 0.733. The standard InChI is InChI=1S/C24H20N4/c1-16-10-9-13-19(18-11-7-6-8-12-18)23(16)28-17(2)27(5)21-15-14-20(25-3)22(26-4)24(21)28/h6-15,17H,1-2,5H3/t17-/m0/s1. The van der Waals surface area contributed by atoms with Gasteiger partial charge in [-0.05, 0) is 31.0 Å². The van der Waals surface area contributed by atoms with Crippen molar-refractivity contribution in [2.24, 2.45) is 0 Å². The molecule has 3 aromatic carbocycles. The van der Waals surface area contributed by atoms with E-state index in [-0.39, 0.29) is 6.17 Å². The maximum Gasteiger partial charge on any atom is 0.219 e. The van der Waals surface area contributed by atoms with E-state index in [1.807, 2.05) is 31.3 Å². The molecule has 4 rings (SSSR count). The first-order valence-electron chi connectivity index (χ1n) is 9.17. The smallest absolute Gasteiger partial charge is 0.219 e. The number of aryl methyl sites for hydroxylation is 1. The summed E-state index contributed by atoms with van der Waals surface area (Å²) in [5, 5.41) is 0. The lowest BCUT2D eigenvalue weighted by Crippen LogP contribution is -2.36. The molecular weight excluding hydrogens is 344 g/mol. The van der Waals surface area contributed by atoms with Crippen molar-refractivity contribution in [2.75, 3.05) is 16.8 Å². The van der Waals surface area contributed by atoms with Crippen LogP contribution in [0.2, 0.25) is 0 Å². The minimum Gasteiger partial charge on any atom is -0.354 e. The van der Waals surface area contributed by atoms with Gasteiger partial charge in [-0.3, -0.25) is 4.85 Å². The second kappa shape index (κ2) is 6.76. The van der Waals surface area contributed by atoms with Gasteiger partial charge in [0, 0.05) is 18.3 Å². The average molecular weight is 364 g/mol. The van der Waals surface area contributed by atoms with Gasteiger partial charge in [0.25, 0.3) is 0 Å². The third-order valence-corrected chi connectivity index (χ3v) is 5.46. The summed E-state index contributed by atoms with van der Waals surface area (Å²) in [5.74, 6) is 0. The maximum absolute atomic E-state index is 7.75. The predicted molar refractivity (Wildman–Crippen MR) is 116 cm³/mol. The Labute approximate surface area is 165 Å². The molecule has 0 N–H and O–H groups in total. The van der Waals surface area contributed by atoms with Crippen LogP contribution in [0.15, 0.2) is 60.7 Å². The highest BCUT2D eigenvalue weighted by molar-refractivity contribution is 6.01. The third kappa shape index (κ3) is 2.51. The van der Waals surface area contributed by atoms with E-state index >= 15 is 0 Å². The number of para-hydroxylation sites is 1. The van der Waals surface area contributed by atoms with Crippen LogP contribution in [-0.2, 0) is 0 Å². The fourth-order valence-electron chi connectivity index (χ4n) is 3.97. The quantitative estimate of drug-likeness (QED) is 0.470. The number of hydrogen-bond donors (Lipinski definition) is 0. The Morgan fingerprint density at radius 2 is 1.61 bits per heavy atom. The summed E-state index contributed by atoms with van der Waals surface area (Å²) in [6.07, 6.45) is 0.0278. The highest BCUT2D eigenvalue weighted by atomic mass is 15.4. The Bertz CT molecular complexity index is 1140. The normalized spacial score (nSPS) is 15.1. The molecule has 0 aliphatic carbocycles. The van der Waals surface area contributed by atoms with Gasteiger partial charge in [0.15, 0.2) is 5.69 Å². The van der Waals surface area contributed by atoms with Crippen LogP contribution in [0.5, 0.6) is 0 Å². The molecule has 3 aromatic rings. The van der Waals surface area contributed by atoms with Crippen LogP contribution < -0.4 is 9.80 Å². The van der Waals surface area contributed by atoms with Crippen LogP contribution in [0.25, 0.3) is 20.8 Å². The van der Waals surface area contributed by atoms with Gasteiger partial charge in [-0.2, -0.15) is 0 Å². The Hall–Kier alpha value is -3.76. The molecule has 0 bridgehead atoms. The van der Waals surface area contributed by atoms with Gasteiger partial charge in [0.1, 0.15) is 6.17 Å². The summed E-state index contributed by atoms with van der Waals surface area (Å²) < 4.78 is 0. The Morgan fingerprint density at radius 1 is 0.857 bits per heavy atom. The second-order valence-electron chi connectivity index (χ2n) is 6.97. The molecule has 1 aliphatic rings. The Balaban J connectivity index is 2.04. The van der Waals surface area contributed by atoms with Crippen molar-refractivity contribution in [1.29, 1.82) is 0 Å². The van der Waals surface area contributed by atoms with E-state index in [1.165, 1.54) is 0 Å². The predicted octanol–water partition coefficient (Wildman–Crippen LogP) is 6.70. The average Bonchev–Trinajstić information content (AvgIpc) is 2.98. The SMILES string of the molecule is [C-]#[N+]c1ccc2c(c1[N+]#[C-])N(c1c(C)cccc1-c1ccccc1)[C@@H](C)N2C. The lowest BCUT2D eigenvalue weighted by Gasteiger charge is -2.31. The van der Waals surface area contributed by atoms with E-state index in [2.05, 4.69) is 63.7 Å². The van der Waals surface area contributed by atoms with E-state index < -0.39 is 0 Å². The molecule has 4 nitrogen and oxygen atoms in total. The molecule has 136 valence electrons. The van der Waals surface area contributed by atoms with Crippen molar-refractivity contribution in [3.05, 3.63) is 89.1 Å². The molecule has 0 aromatic heterocycles. The van der Waals surface area contributed by atoms with Gasteiger partial charge in [-0.1, -0.05) is 54.6 Å². The summed E-state index contributed by atoms with van der Waals surface area (Å²) in [4.78, 5) is 11.7. The fourth-order valence-corrected chi connectivity index (χ4v) is 3.97. The molecule has 0 saturated heterocycles. The van der Waals surface area contributed by atoms with Crippen molar-refractivity contribution in [1.82, 2.24) is 0 Å². The van der Waals surface area contributed by atoms with Crippen molar-refractivity contribution in [3.8, 4) is 11.1 Å². The van der Waals surface area contributed by atoms with Crippen LogP contribution in [0.1, 0.15) is 12.5 Å². The van der Waals surface area contributed by atoms with E-state index in [1.54, 1.807) is 6.07 Å². The maximum atomic E-state index is 7.75. The van der Waals surface area contributed by atoms with Crippen molar-refractivity contribution >= 4 is 28.4 Å². The molecule has 0 radical (unpaired) electrons. The highest BCUT2D eigenvalue weighted by Gasteiger charge is 2.36. The molecule has 1 heterocycles. The first-order valence-corrected chi connectivity index (χ1v) is 9.17. The Morgan fingerprint density at radius 3 is 2.29 bits per heavy atom. The zero-order chi connectivity index (χ0) is 19.8. The Kier molecular flexibility index (Phi) is 4.26. The van der Waals surface area contributed by atoms with Crippen LogP contribution >= 0.6 is 0 Å². The fraction of sp³-hybridized carbons (Fsp3) is 0.167. The zero-order valence-corrected chi connectivity index (χ0v) is 16.1. The van der Waals surface area contributed by atoms with Gasteiger partial charge >= 0.3 is 0 Å². The molecule has 4 heteroatoms. The van der Waals surface area contributed by atoms with E-state index in [4.69, 9.17) is 13.1 Å². The topological polar surface area (TPSA) is 15.2 Å². The number of rotatable bonds is 2. The first-order chi connectivity index (χ1) is 13.6. The summed E-state index contributed by atoms with van der Waals surface area (Å²) in [7, 11) is 2.04. The van der Waals surface area contributed by atoms with Crippen molar-refractivity contribution in [3.63, 3.8) is 0 Å². The molecule has 0 unspecified atom stereocenters. The minimum atomic E-state index is 0.0278. The van der Waals surface area contributed by atoms with Crippen molar-refractivity contribution < 1.29 is 0 Å².